The van der Waals surface area contributed by atoms with Gasteiger partial charge in [0.25, 0.3) is 5.91 Å². The van der Waals surface area contributed by atoms with Crippen LogP contribution in [-0.2, 0) is 5.41 Å². The van der Waals surface area contributed by atoms with Gasteiger partial charge in [0.05, 0.1) is 11.1 Å². The number of nitrogens with zero attached hydrogens (tertiary/aromatic N) is 2. The highest BCUT2D eigenvalue weighted by Crippen LogP contribution is 2.34. The van der Waals surface area contributed by atoms with Crippen LogP contribution in [0, 0.1) is 0 Å². The number of fused-ring (bicyclic) bond motifs is 1. The normalized spacial score (nSPS) is 23.0. The summed E-state index contributed by atoms with van der Waals surface area (Å²) < 4.78 is 0. The molecule has 0 aliphatic carbocycles. The predicted octanol–water partition coefficient (Wildman–Crippen LogP) is 2.30. The Morgan fingerprint density at radius 1 is 1.57 bits per heavy atom. The molecule has 1 unspecified atom stereocenters. The number of H-pyrrole nitrogens is 1. The Hall–Kier alpha value is -1.59. The number of benzene rings is 1. The predicted molar refractivity (Wildman–Crippen MR) is 83.7 cm³/mol. The molecule has 0 radical (unpaired) electrons. The fraction of sp³-hybridized carbons (Fsp3) is 0.467. The lowest BCUT2D eigenvalue weighted by Gasteiger charge is -2.21. The molecule has 1 aliphatic rings. The number of nitrogens with two attached hydrogens (primary N) is 1. The number of hydrogen-bond donors (Lipinski definition) is 2. The minimum absolute atomic E-state index is 0.0313. The average Bonchev–Trinajstić information content (AvgIpc) is 3.02. The number of nitrogens with one attached hydrogen (secondary N) is 1. The number of imidazole rings is 1. The third-order valence-corrected chi connectivity index (χ3v) is 4.61. The maximum absolute atomic E-state index is 11.6. The molecule has 0 saturated carbocycles. The zero-order valence-corrected chi connectivity index (χ0v) is 13.0. The van der Waals surface area contributed by atoms with E-state index in [0.717, 1.165) is 37.4 Å². The van der Waals surface area contributed by atoms with Gasteiger partial charge in [0.1, 0.15) is 11.3 Å². The number of rotatable bonds is 3. The maximum Gasteiger partial charge on any atom is 0.251 e. The van der Waals surface area contributed by atoms with Gasteiger partial charge in [-0.15, -0.1) is 0 Å². The van der Waals surface area contributed by atoms with Gasteiger partial charge in [-0.1, -0.05) is 25.4 Å². The summed E-state index contributed by atoms with van der Waals surface area (Å²) in [7, 11) is 0. The molecule has 2 aromatic rings. The Morgan fingerprint density at radius 2 is 2.33 bits per heavy atom. The van der Waals surface area contributed by atoms with Crippen molar-refractivity contribution in [2.45, 2.75) is 25.7 Å². The molecule has 21 heavy (non-hydrogen) atoms. The fourth-order valence-electron chi connectivity index (χ4n) is 3.08. The number of likely N-dealkylation sites (tertiary alicyclic amines) is 1. The molecule has 1 aliphatic heterocycles. The minimum Gasteiger partial charge on any atom is -0.366 e. The van der Waals surface area contributed by atoms with Crippen molar-refractivity contribution in [3.63, 3.8) is 0 Å². The first-order valence-electron chi connectivity index (χ1n) is 7.15. The lowest BCUT2D eigenvalue weighted by Crippen LogP contribution is -2.29. The lowest BCUT2D eigenvalue weighted by molar-refractivity contribution is 0.100. The Morgan fingerprint density at radius 3 is 2.95 bits per heavy atom. The van der Waals surface area contributed by atoms with Gasteiger partial charge in [0.15, 0.2) is 0 Å². The van der Waals surface area contributed by atoms with Crippen molar-refractivity contribution in [3.05, 3.63) is 28.5 Å². The van der Waals surface area contributed by atoms with Gasteiger partial charge >= 0.3 is 0 Å². The molecule has 2 heterocycles. The second-order valence-electron chi connectivity index (χ2n) is 5.98. The number of halogens is 1. The first kappa shape index (κ1) is 14.4. The van der Waals surface area contributed by atoms with Crippen LogP contribution in [-0.4, -0.2) is 40.4 Å². The fourth-order valence-corrected chi connectivity index (χ4v) is 3.29. The number of carbonyl (C=O) groups excluding carboxylic acids is 1. The second kappa shape index (κ2) is 5.00. The van der Waals surface area contributed by atoms with Crippen LogP contribution in [0.1, 0.15) is 36.5 Å². The maximum atomic E-state index is 11.6. The third kappa shape index (κ3) is 2.40. The van der Waals surface area contributed by atoms with Crippen LogP contribution in [0.15, 0.2) is 12.1 Å². The Labute approximate surface area is 128 Å². The number of likely N-dealkylation sites (N-methyl/N-ethyl adjacent to an activating group) is 1. The molecule has 1 fully saturated rings. The molecule has 0 spiro atoms. The monoisotopic (exact) mass is 306 g/mol. The second-order valence-corrected chi connectivity index (χ2v) is 6.42. The molecule has 5 nitrogen and oxygen atoms in total. The molecular formula is C15H19ClN4O. The quantitative estimate of drug-likeness (QED) is 0.913. The molecular weight excluding hydrogens is 288 g/mol. The van der Waals surface area contributed by atoms with Gasteiger partial charge in [-0.05, 0) is 31.6 Å². The summed E-state index contributed by atoms with van der Waals surface area (Å²) in [6.07, 6.45) is 1.04. The topological polar surface area (TPSA) is 75.0 Å². The number of aromatic nitrogens is 2. The summed E-state index contributed by atoms with van der Waals surface area (Å²) in [4.78, 5) is 22.0. The van der Waals surface area contributed by atoms with Gasteiger partial charge < -0.3 is 15.6 Å². The highest BCUT2D eigenvalue weighted by Gasteiger charge is 2.37. The van der Waals surface area contributed by atoms with Crippen LogP contribution in [0.25, 0.3) is 11.0 Å². The molecule has 1 atom stereocenters. The summed E-state index contributed by atoms with van der Waals surface area (Å²) in [6.45, 7) is 7.42. The zero-order chi connectivity index (χ0) is 15.2. The number of aromatic amines is 1. The van der Waals surface area contributed by atoms with Gasteiger partial charge in [-0.25, -0.2) is 4.98 Å². The number of hydrogen-bond acceptors (Lipinski definition) is 3. The van der Waals surface area contributed by atoms with Gasteiger partial charge in [0.2, 0.25) is 0 Å². The highest BCUT2D eigenvalue weighted by molar-refractivity contribution is 6.32. The van der Waals surface area contributed by atoms with E-state index < -0.39 is 5.91 Å². The summed E-state index contributed by atoms with van der Waals surface area (Å²) in [6, 6.07) is 3.36. The molecule has 0 bridgehead atoms. The van der Waals surface area contributed by atoms with Crippen molar-refractivity contribution in [1.82, 2.24) is 14.9 Å². The largest absolute Gasteiger partial charge is 0.366 e. The molecule has 112 valence electrons. The molecule has 1 saturated heterocycles. The minimum atomic E-state index is -0.507. The van der Waals surface area contributed by atoms with Crippen LogP contribution < -0.4 is 5.73 Å². The van der Waals surface area contributed by atoms with E-state index in [0.29, 0.717) is 16.1 Å². The van der Waals surface area contributed by atoms with Crippen LogP contribution in [0.5, 0.6) is 0 Å². The van der Waals surface area contributed by atoms with Crippen molar-refractivity contribution in [2.75, 3.05) is 19.6 Å². The smallest absolute Gasteiger partial charge is 0.251 e. The number of primary amides is 1. The van der Waals surface area contributed by atoms with E-state index in [1.165, 1.54) is 0 Å². The third-order valence-electron chi connectivity index (χ3n) is 4.39. The molecule has 3 N–H and O–H groups in total. The van der Waals surface area contributed by atoms with E-state index in [4.69, 9.17) is 17.3 Å². The van der Waals surface area contributed by atoms with Crippen LogP contribution in [0.3, 0.4) is 0 Å². The van der Waals surface area contributed by atoms with E-state index in [1.54, 1.807) is 12.1 Å². The summed E-state index contributed by atoms with van der Waals surface area (Å²) >= 11 is 6.05. The molecule has 1 aromatic carbocycles. The van der Waals surface area contributed by atoms with Crippen LogP contribution in [0.4, 0.5) is 0 Å². The van der Waals surface area contributed by atoms with Gasteiger partial charge in [-0.2, -0.15) is 0 Å². The standard InChI is InChI=1S/C15H19ClN4O/c1-3-20-5-4-15(2,8-20)14-18-11-7-9(16)6-10(13(17)21)12(11)19-14/h6-7H,3-5,8H2,1-2H3,(H2,17,21)(H,18,19). The van der Waals surface area contributed by atoms with E-state index in [2.05, 4.69) is 28.7 Å². The Bertz CT molecular complexity index is 711. The molecule has 3 rings (SSSR count). The van der Waals surface area contributed by atoms with Crippen LogP contribution in [0.2, 0.25) is 5.02 Å². The summed E-state index contributed by atoms with van der Waals surface area (Å²) in [5.41, 5.74) is 7.14. The van der Waals surface area contributed by atoms with Crippen molar-refractivity contribution < 1.29 is 4.79 Å². The number of amides is 1. The van der Waals surface area contributed by atoms with E-state index >= 15 is 0 Å². The number of carbonyl (C=O) groups is 1. The van der Waals surface area contributed by atoms with E-state index in [-0.39, 0.29) is 5.41 Å². The van der Waals surface area contributed by atoms with Crippen molar-refractivity contribution in [1.29, 1.82) is 0 Å². The SMILES string of the molecule is CCN1CCC(C)(c2nc3c(C(N)=O)cc(Cl)cc3[nH]2)C1. The van der Waals surface area contributed by atoms with E-state index in [9.17, 15) is 4.79 Å². The first-order valence-corrected chi connectivity index (χ1v) is 7.52. The van der Waals surface area contributed by atoms with Crippen LogP contribution >= 0.6 is 11.6 Å². The van der Waals surface area contributed by atoms with Gasteiger partial charge in [0, 0.05) is 17.0 Å². The van der Waals surface area contributed by atoms with Crippen molar-refractivity contribution in [3.8, 4) is 0 Å². The summed E-state index contributed by atoms with van der Waals surface area (Å²) in [5.74, 6) is 0.394. The van der Waals surface area contributed by atoms with Crippen molar-refractivity contribution >= 4 is 28.5 Å². The molecule has 1 aromatic heterocycles. The first-order chi connectivity index (χ1) is 9.93. The molecule has 1 amide bonds. The van der Waals surface area contributed by atoms with E-state index in [1.807, 2.05) is 0 Å². The highest BCUT2D eigenvalue weighted by atomic mass is 35.5. The van der Waals surface area contributed by atoms with Crippen molar-refractivity contribution in [2.24, 2.45) is 5.73 Å². The average molecular weight is 307 g/mol. The molecule has 6 heteroatoms. The Kier molecular flexibility index (Phi) is 3.42. The lowest BCUT2D eigenvalue weighted by atomic mass is 9.89. The Balaban J connectivity index is 2.10. The zero-order valence-electron chi connectivity index (χ0n) is 12.2. The summed E-state index contributed by atoms with van der Waals surface area (Å²) in [5, 5.41) is 0.484. The van der Waals surface area contributed by atoms with Gasteiger partial charge in [-0.3, -0.25) is 4.79 Å².